The van der Waals surface area contributed by atoms with Gasteiger partial charge in [0.15, 0.2) is 0 Å². The normalized spacial score (nSPS) is 23.3. The van der Waals surface area contributed by atoms with Crippen LogP contribution in [0.4, 0.5) is 4.39 Å². The highest BCUT2D eigenvalue weighted by Gasteiger charge is 2.31. The van der Waals surface area contributed by atoms with Crippen molar-refractivity contribution in [3.05, 3.63) is 29.6 Å². The van der Waals surface area contributed by atoms with E-state index < -0.39 is 11.9 Å². The van der Waals surface area contributed by atoms with Gasteiger partial charge in [-0.1, -0.05) is 0 Å². The van der Waals surface area contributed by atoms with Crippen molar-refractivity contribution < 1.29 is 19.0 Å². The Balaban J connectivity index is 1.92. The van der Waals surface area contributed by atoms with Crippen molar-refractivity contribution in [2.24, 2.45) is 0 Å². The summed E-state index contributed by atoms with van der Waals surface area (Å²) < 4.78 is 25.0. The van der Waals surface area contributed by atoms with Crippen LogP contribution in [-0.4, -0.2) is 23.4 Å². The fourth-order valence-electron chi connectivity index (χ4n) is 2.32. The maximum atomic E-state index is 13.7. The van der Waals surface area contributed by atoms with Crippen LogP contribution in [0.2, 0.25) is 0 Å². The third-order valence-corrected chi connectivity index (χ3v) is 3.41. The number of halogens is 1. The molecule has 1 unspecified atom stereocenters. The summed E-state index contributed by atoms with van der Waals surface area (Å²) in [6, 6.07) is 4.53. The number of ether oxygens (including phenoxy) is 2. The van der Waals surface area contributed by atoms with Crippen LogP contribution < -0.4 is 4.74 Å². The predicted molar refractivity (Wildman–Crippen MR) is 70.7 cm³/mol. The van der Waals surface area contributed by atoms with Crippen LogP contribution >= 0.6 is 0 Å². The van der Waals surface area contributed by atoms with Crippen LogP contribution in [0.25, 0.3) is 0 Å². The van der Waals surface area contributed by atoms with Gasteiger partial charge in [0.05, 0.1) is 17.8 Å². The molecule has 2 atom stereocenters. The molecule has 106 valence electrons. The van der Waals surface area contributed by atoms with Gasteiger partial charge in [-0.05, 0) is 45.7 Å². The molecule has 1 N–H and O–H groups in total. The molecule has 0 amide bonds. The topological polar surface area (TPSA) is 38.7 Å². The average Bonchev–Trinajstić information content (AvgIpc) is 2.66. The van der Waals surface area contributed by atoms with E-state index in [4.69, 9.17) is 9.47 Å². The van der Waals surface area contributed by atoms with Gasteiger partial charge in [-0.2, -0.15) is 0 Å². The van der Waals surface area contributed by atoms with E-state index in [1.165, 1.54) is 13.0 Å². The first-order valence-corrected chi connectivity index (χ1v) is 6.65. The summed E-state index contributed by atoms with van der Waals surface area (Å²) in [6.45, 7) is 6.08. The molecule has 1 heterocycles. The van der Waals surface area contributed by atoms with Crippen molar-refractivity contribution in [3.63, 3.8) is 0 Å². The molecule has 1 fully saturated rings. The Morgan fingerprint density at radius 1 is 1.53 bits per heavy atom. The largest absolute Gasteiger partial charge is 0.491 e. The van der Waals surface area contributed by atoms with E-state index in [2.05, 4.69) is 13.8 Å². The zero-order chi connectivity index (χ0) is 14.0. The van der Waals surface area contributed by atoms with Crippen molar-refractivity contribution in [2.75, 3.05) is 6.61 Å². The highest BCUT2D eigenvalue weighted by molar-refractivity contribution is 5.30. The minimum atomic E-state index is -0.812. The molecule has 0 spiro atoms. The molecule has 1 aliphatic rings. The van der Waals surface area contributed by atoms with Crippen molar-refractivity contribution in [1.82, 2.24) is 0 Å². The van der Waals surface area contributed by atoms with Crippen molar-refractivity contribution in [2.45, 2.75) is 51.4 Å². The lowest BCUT2D eigenvalue weighted by Gasteiger charge is -2.19. The molecule has 1 saturated heterocycles. The Labute approximate surface area is 113 Å². The Bertz CT molecular complexity index is 443. The van der Waals surface area contributed by atoms with E-state index in [9.17, 15) is 9.50 Å². The first kappa shape index (κ1) is 14.3. The highest BCUT2D eigenvalue weighted by atomic mass is 19.1. The zero-order valence-corrected chi connectivity index (χ0v) is 11.6. The van der Waals surface area contributed by atoms with Gasteiger partial charge in [-0.15, -0.1) is 0 Å². The third kappa shape index (κ3) is 3.67. The van der Waals surface area contributed by atoms with Gasteiger partial charge in [-0.25, -0.2) is 4.39 Å². The maximum Gasteiger partial charge on any atom is 0.132 e. The number of hydrogen-bond acceptors (Lipinski definition) is 3. The Morgan fingerprint density at radius 3 is 2.79 bits per heavy atom. The molecule has 1 aromatic rings. The Morgan fingerprint density at radius 2 is 2.26 bits per heavy atom. The molecule has 0 radical (unpaired) electrons. The van der Waals surface area contributed by atoms with Crippen molar-refractivity contribution in [3.8, 4) is 5.75 Å². The summed E-state index contributed by atoms with van der Waals surface area (Å²) >= 11 is 0. The number of aliphatic hydroxyl groups excluding tert-OH is 1. The summed E-state index contributed by atoms with van der Waals surface area (Å²) in [4.78, 5) is 0. The number of hydrogen-bond donors (Lipinski definition) is 1. The molecular formula is C15H21FO3. The number of aliphatic hydroxyl groups is 1. The molecule has 1 aromatic carbocycles. The Hall–Kier alpha value is -1.13. The second-order valence-corrected chi connectivity index (χ2v) is 5.71. The van der Waals surface area contributed by atoms with Gasteiger partial charge < -0.3 is 14.6 Å². The molecule has 19 heavy (non-hydrogen) atoms. The van der Waals surface area contributed by atoms with Crippen molar-refractivity contribution >= 4 is 0 Å². The molecular weight excluding hydrogens is 247 g/mol. The number of benzene rings is 1. The van der Waals surface area contributed by atoms with Gasteiger partial charge in [0, 0.05) is 11.6 Å². The van der Waals surface area contributed by atoms with E-state index in [1.807, 2.05) is 0 Å². The molecule has 0 bridgehead atoms. The van der Waals surface area contributed by atoms with Crippen LogP contribution in [0.1, 0.15) is 45.3 Å². The highest BCUT2D eigenvalue weighted by Crippen LogP contribution is 2.30. The quantitative estimate of drug-likeness (QED) is 0.911. The molecule has 0 saturated carbocycles. The van der Waals surface area contributed by atoms with Crippen LogP contribution in [0.5, 0.6) is 5.75 Å². The fraction of sp³-hybridized carbons (Fsp3) is 0.600. The standard InChI is InChI=1S/C15H21FO3/c1-10(17)13-5-4-11(8-14(13)16)18-9-12-6-7-15(2,3)19-12/h4-5,8,10,12,17H,6-7,9H2,1-3H3/t10-,12?/m0/s1. The lowest BCUT2D eigenvalue weighted by atomic mass is 10.1. The van der Waals surface area contributed by atoms with Gasteiger partial charge in [-0.3, -0.25) is 0 Å². The lowest BCUT2D eigenvalue weighted by Crippen LogP contribution is -2.23. The first-order valence-electron chi connectivity index (χ1n) is 6.65. The van der Waals surface area contributed by atoms with Crippen LogP contribution in [-0.2, 0) is 4.74 Å². The molecule has 0 aromatic heterocycles. The van der Waals surface area contributed by atoms with Gasteiger partial charge in [0.1, 0.15) is 18.2 Å². The molecule has 1 aliphatic heterocycles. The van der Waals surface area contributed by atoms with Gasteiger partial charge >= 0.3 is 0 Å². The minimum absolute atomic E-state index is 0.0644. The second-order valence-electron chi connectivity index (χ2n) is 5.71. The third-order valence-electron chi connectivity index (χ3n) is 3.41. The van der Waals surface area contributed by atoms with Crippen LogP contribution in [0.15, 0.2) is 18.2 Å². The lowest BCUT2D eigenvalue weighted by molar-refractivity contribution is -0.0327. The van der Waals surface area contributed by atoms with E-state index in [-0.39, 0.29) is 17.3 Å². The maximum absolute atomic E-state index is 13.7. The van der Waals surface area contributed by atoms with Crippen LogP contribution in [0, 0.1) is 5.82 Å². The van der Waals surface area contributed by atoms with Gasteiger partial charge in [0.2, 0.25) is 0 Å². The summed E-state index contributed by atoms with van der Waals surface area (Å²) in [6.07, 6.45) is 1.22. The van der Waals surface area contributed by atoms with E-state index >= 15 is 0 Å². The SMILES string of the molecule is C[C@H](O)c1ccc(OCC2CCC(C)(C)O2)cc1F. The summed E-state index contributed by atoms with van der Waals surface area (Å²) in [7, 11) is 0. The molecule has 2 rings (SSSR count). The molecule has 4 heteroatoms. The minimum Gasteiger partial charge on any atom is -0.491 e. The summed E-state index contributed by atoms with van der Waals surface area (Å²) in [5.74, 6) is 0.0235. The van der Waals surface area contributed by atoms with Crippen molar-refractivity contribution in [1.29, 1.82) is 0 Å². The average molecular weight is 268 g/mol. The molecule has 0 aliphatic carbocycles. The summed E-state index contributed by atoms with van der Waals surface area (Å²) in [5.41, 5.74) is 0.195. The first-order chi connectivity index (χ1) is 8.87. The zero-order valence-electron chi connectivity index (χ0n) is 11.6. The predicted octanol–water partition coefficient (Wildman–Crippen LogP) is 3.22. The Kier molecular flexibility index (Phi) is 4.11. The molecule has 3 nitrogen and oxygen atoms in total. The van der Waals surface area contributed by atoms with E-state index in [1.54, 1.807) is 12.1 Å². The summed E-state index contributed by atoms with van der Waals surface area (Å²) in [5, 5.41) is 9.35. The van der Waals surface area contributed by atoms with E-state index in [0.29, 0.717) is 12.4 Å². The van der Waals surface area contributed by atoms with Gasteiger partial charge in [0.25, 0.3) is 0 Å². The smallest absolute Gasteiger partial charge is 0.132 e. The number of rotatable bonds is 4. The monoisotopic (exact) mass is 268 g/mol. The van der Waals surface area contributed by atoms with Crippen LogP contribution in [0.3, 0.4) is 0 Å². The fourth-order valence-corrected chi connectivity index (χ4v) is 2.32. The second kappa shape index (κ2) is 5.47. The van der Waals surface area contributed by atoms with E-state index in [0.717, 1.165) is 12.8 Å².